The van der Waals surface area contributed by atoms with Crippen LogP contribution in [0.15, 0.2) is 70.5 Å². The van der Waals surface area contributed by atoms with Gasteiger partial charge in [0.25, 0.3) is 0 Å². The highest BCUT2D eigenvalue weighted by atomic mass is 32.2. The molecule has 2 aliphatic rings. The van der Waals surface area contributed by atoms with E-state index in [1.807, 2.05) is 24.3 Å². The lowest BCUT2D eigenvalue weighted by atomic mass is 10.1. The Balaban J connectivity index is 1.65. The van der Waals surface area contributed by atoms with Gasteiger partial charge in [0.1, 0.15) is 0 Å². The predicted molar refractivity (Wildman–Crippen MR) is 108 cm³/mol. The van der Waals surface area contributed by atoms with E-state index in [1.54, 1.807) is 0 Å². The summed E-state index contributed by atoms with van der Waals surface area (Å²) in [5, 5.41) is 4.58. The number of hydrogen-bond donors (Lipinski definition) is 0. The molecule has 4 aromatic rings. The van der Waals surface area contributed by atoms with Gasteiger partial charge in [-0.1, -0.05) is 48.5 Å². The van der Waals surface area contributed by atoms with Gasteiger partial charge in [0, 0.05) is 0 Å². The van der Waals surface area contributed by atoms with Crippen LogP contribution in [-0.2, 0) is 35.5 Å². The van der Waals surface area contributed by atoms with Crippen molar-refractivity contribution in [3.05, 3.63) is 82.9 Å². The third kappa shape index (κ3) is 1.98. The highest BCUT2D eigenvalue weighted by Gasteiger charge is 2.30. The summed E-state index contributed by atoms with van der Waals surface area (Å²) in [6.45, 7) is 0. The van der Waals surface area contributed by atoms with E-state index in [9.17, 15) is 8.42 Å². The molecular formula is C24H18O2S. The van der Waals surface area contributed by atoms with Gasteiger partial charge in [-0.15, -0.1) is 0 Å². The molecule has 0 bridgehead atoms. The van der Waals surface area contributed by atoms with E-state index >= 15 is 0 Å². The highest BCUT2D eigenvalue weighted by molar-refractivity contribution is 7.91. The maximum Gasteiger partial charge on any atom is 0.207 e. The number of aryl methyl sites for hydroxylation is 4. The van der Waals surface area contributed by atoms with E-state index in [4.69, 9.17) is 0 Å². The standard InChI is InChI=1S/C24H18O2S/c25-27(26,21-13-9-17-5-1-3-15-7-11-19(21)23(15)17)22-14-10-18-6-2-4-16-8-12-20(22)24(16)18/h1-6,9-10,13-14H,7-8,11-12H2. The molecule has 27 heavy (non-hydrogen) atoms. The maximum absolute atomic E-state index is 13.7. The van der Waals surface area contributed by atoms with Gasteiger partial charge in [-0.05, 0) is 81.6 Å². The lowest BCUT2D eigenvalue weighted by Crippen LogP contribution is -2.08. The minimum Gasteiger partial charge on any atom is -0.218 e. The summed E-state index contributed by atoms with van der Waals surface area (Å²) in [5.74, 6) is 0. The van der Waals surface area contributed by atoms with Gasteiger partial charge in [0.15, 0.2) is 0 Å². The minimum atomic E-state index is -3.54. The number of hydrogen-bond acceptors (Lipinski definition) is 2. The van der Waals surface area contributed by atoms with Crippen molar-refractivity contribution in [1.29, 1.82) is 0 Å². The van der Waals surface area contributed by atoms with Crippen LogP contribution >= 0.6 is 0 Å². The summed E-state index contributed by atoms with van der Waals surface area (Å²) in [7, 11) is -3.54. The Kier molecular flexibility index (Phi) is 2.97. The zero-order valence-corrected chi connectivity index (χ0v) is 15.6. The molecule has 0 aromatic heterocycles. The molecule has 0 atom stereocenters. The van der Waals surface area contributed by atoms with Crippen LogP contribution in [0.25, 0.3) is 21.5 Å². The molecule has 6 rings (SSSR count). The van der Waals surface area contributed by atoms with E-state index in [1.165, 1.54) is 11.1 Å². The van der Waals surface area contributed by atoms with Crippen LogP contribution < -0.4 is 0 Å². The Morgan fingerprint density at radius 3 is 1.52 bits per heavy atom. The fourth-order valence-corrected chi connectivity index (χ4v) is 6.88. The lowest BCUT2D eigenvalue weighted by molar-refractivity contribution is 0.594. The van der Waals surface area contributed by atoms with Gasteiger partial charge in [0.2, 0.25) is 9.84 Å². The molecule has 0 fully saturated rings. The SMILES string of the molecule is O=S(=O)(c1ccc2cccc3c2c1CC3)c1ccc2cccc3c2c1CC3. The van der Waals surface area contributed by atoms with E-state index in [0.717, 1.165) is 58.4 Å². The maximum atomic E-state index is 13.7. The normalized spacial score (nSPS) is 15.1. The molecule has 0 aliphatic heterocycles. The summed E-state index contributed by atoms with van der Waals surface area (Å²) < 4.78 is 27.5. The van der Waals surface area contributed by atoms with E-state index < -0.39 is 9.84 Å². The zero-order valence-electron chi connectivity index (χ0n) is 14.8. The van der Waals surface area contributed by atoms with Crippen LogP contribution in [0.5, 0.6) is 0 Å². The van der Waals surface area contributed by atoms with Crippen molar-refractivity contribution in [2.45, 2.75) is 35.5 Å². The second kappa shape index (κ2) is 5.20. The molecule has 3 heteroatoms. The molecule has 0 unspecified atom stereocenters. The van der Waals surface area contributed by atoms with Gasteiger partial charge in [-0.25, -0.2) is 8.42 Å². The van der Waals surface area contributed by atoms with Crippen LogP contribution in [0, 0.1) is 0 Å². The van der Waals surface area contributed by atoms with Crippen molar-refractivity contribution in [3.63, 3.8) is 0 Å². The molecule has 0 radical (unpaired) electrons. The van der Waals surface area contributed by atoms with Gasteiger partial charge in [-0.3, -0.25) is 0 Å². The Morgan fingerprint density at radius 1 is 0.556 bits per heavy atom. The number of sulfone groups is 1. The monoisotopic (exact) mass is 370 g/mol. The van der Waals surface area contributed by atoms with Crippen LogP contribution in [-0.4, -0.2) is 8.42 Å². The highest BCUT2D eigenvalue weighted by Crippen LogP contribution is 2.41. The van der Waals surface area contributed by atoms with Crippen LogP contribution in [0.3, 0.4) is 0 Å². The fraction of sp³-hybridized carbons (Fsp3) is 0.167. The third-order valence-corrected chi connectivity index (χ3v) is 8.18. The van der Waals surface area contributed by atoms with E-state index in [0.29, 0.717) is 9.79 Å². The largest absolute Gasteiger partial charge is 0.218 e. The van der Waals surface area contributed by atoms with Gasteiger partial charge >= 0.3 is 0 Å². The first-order chi connectivity index (χ1) is 13.1. The second-order valence-corrected chi connectivity index (χ2v) is 9.50. The van der Waals surface area contributed by atoms with E-state index in [-0.39, 0.29) is 0 Å². The molecule has 0 saturated carbocycles. The Morgan fingerprint density at radius 2 is 1.04 bits per heavy atom. The summed E-state index contributed by atoms with van der Waals surface area (Å²) >= 11 is 0. The van der Waals surface area contributed by atoms with Crippen molar-refractivity contribution < 1.29 is 8.42 Å². The van der Waals surface area contributed by atoms with E-state index in [2.05, 4.69) is 36.4 Å². The Hall–Kier alpha value is -2.65. The molecule has 0 amide bonds. The smallest absolute Gasteiger partial charge is 0.207 e. The Bertz CT molecular complexity index is 1280. The molecule has 4 aromatic carbocycles. The predicted octanol–water partition coefficient (Wildman–Crippen LogP) is 5.02. The quantitative estimate of drug-likeness (QED) is 0.496. The molecule has 0 spiro atoms. The fourth-order valence-electron chi connectivity index (χ4n) is 5.09. The molecule has 2 nitrogen and oxygen atoms in total. The van der Waals surface area contributed by atoms with Gasteiger partial charge < -0.3 is 0 Å². The molecule has 0 heterocycles. The topological polar surface area (TPSA) is 34.1 Å². The summed E-state index contributed by atoms with van der Waals surface area (Å²) in [5.41, 5.74) is 4.54. The first kappa shape index (κ1) is 15.4. The van der Waals surface area contributed by atoms with Crippen molar-refractivity contribution in [1.82, 2.24) is 0 Å². The van der Waals surface area contributed by atoms with Crippen molar-refractivity contribution in [2.75, 3.05) is 0 Å². The third-order valence-electron chi connectivity index (χ3n) is 6.26. The average molecular weight is 370 g/mol. The van der Waals surface area contributed by atoms with Crippen molar-refractivity contribution in [2.24, 2.45) is 0 Å². The first-order valence-electron chi connectivity index (χ1n) is 9.47. The van der Waals surface area contributed by atoms with Gasteiger partial charge in [-0.2, -0.15) is 0 Å². The molecule has 0 saturated heterocycles. The zero-order chi connectivity index (χ0) is 18.2. The van der Waals surface area contributed by atoms with Crippen LogP contribution in [0.2, 0.25) is 0 Å². The van der Waals surface area contributed by atoms with Crippen molar-refractivity contribution in [3.8, 4) is 0 Å². The van der Waals surface area contributed by atoms with Crippen LogP contribution in [0.4, 0.5) is 0 Å². The second-order valence-electron chi connectivity index (χ2n) is 7.62. The molecule has 0 N–H and O–H groups in total. The number of rotatable bonds is 2. The summed E-state index contributed by atoms with van der Waals surface area (Å²) in [6, 6.07) is 20.1. The number of benzene rings is 4. The Labute approximate surface area is 158 Å². The summed E-state index contributed by atoms with van der Waals surface area (Å²) in [4.78, 5) is 1.000. The van der Waals surface area contributed by atoms with Crippen LogP contribution in [0.1, 0.15) is 22.3 Å². The minimum absolute atomic E-state index is 0.500. The molecule has 2 aliphatic carbocycles. The summed E-state index contributed by atoms with van der Waals surface area (Å²) in [6.07, 6.45) is 3.46. The van der Waals surface area contributed by atoms with Gasteiger partial charge in [0.05, 0.1) is 9.79 Å². The molecule has 132 valence electrons. The average Bonchev–Trinajstić information content (AvgIpc) is 3.30. The van der Waals surface area contributed by atoms with Crippen molar-refractivity contribution >= 4 is 31.4 Å². The molecular weight excluding hydrogens is 352 g/mol. The lowest BCUT2D eigenvalue weighted by Gasteiger charge is -2.14. The first-order valence-corrected chi connectivity index (χ1v) is 10.9.